The monoisotopic (exact) mass is 1650 g/mol. The van der Waals surface area contributed by atoms with E-state index in [4.69, 9.17) is 65.0 Å². The average Bonchev–Trinajstić information content (AvgIpc) is 1.75. The average molecular weight is 1650 g/mol. The van der Waals surface area contributed by atoms with Gasteiger partial charge in [0.15, 0.2) is 0 Å². The van der Waals surface area contributed by atoms with Crippen LogP contribution in [-0.2, 0) is 35.7 Å². The summed E-state index contributed by atoms with van der Waals surface area (Å²) in [5.41, 5.74) is 18.4. The molecule has 0 radical (unpaired) electrons. The fourth-order valence-corrected chi connectivity index (χ4v) is 16.0. The number of alkyl halides is 3. The molecule has 0 unspecified atom stereocenters. The Bertz CT molecular complexity index is 5920. The highest BCUT2D eigenvalue weighted by Crippen LogP contribution is 2.45. The lowest BCUT2D eigenvalue weighted by atomic mass is 9.79. The molecule has 16 aromatic carbocycles. The summed E-state index contributed by atoms with van der Waals surface area (Å²) in [7, 11) is -0.815. The summed E-state index contributed by atoms with van der Waals surface area (Å²) < 4.78 is 25.3. The fourth-order valence-electron chi connectivity index (χ4n) is 14.9. The van der Waals surface area contributed by atoms with Crippen molar-refractivity contribution >= 4 is 193 Å². The molecular weight excluding hydrogens is 1560 g/mol. The standard InChI is InChI=1S/C35H40B2BrNO4.C35H26ClN.C31H20Cl3N/c1-32(2)33(3,4)41-36(40-32)27-12-17-29(18-13-27)39(31-16-11-25-10-9-24(23-38)21-26(25)22-31)30-19-14-28(15-20-30)37-42-34(5,6)35(7,8)43-37;36-25-26-11-12-32-24-35(22-17-31(32)23-26)37(33-18-13-29(14-19-33)27-7-3-1-4-8-27)34-20-15-30(16-21-34)28-9-5-2-6-10-28;32-19-20-1-2-21-5-10-29(16-24(21)13-20)35(30-11-6-22-3-8-27(33)14-25(22)17-30)31-12-7-23-4-9-28(34)15-26(23)18-31/h9-22H,23H2,1-8H3;1-24H,25H2;1-18H,19H2. The Kier molecular flexibility index (Phi) is 22.7. The van der Waals surface area contributed by atoms with Crippen molar-refractivity contribution in [3.05, 3.63) is 366 Å². The summed E-state index contributed by atoms with van der Waals surface area (Å²) >= 11 is 28.5. The summed E-state index contributed by atoms with van der Waals surface area (Å²) in [5.74, 6) is 1.01. The molecule has 2 saturated heterocycles. The first-order valence-electron chi connectivity index (χ1n) is 38.8. The minimum Gasteiger partial charge on any atom is -0.399 e. The highest BCUT2D eigenvalue weighted by molar-refractivity contribution is 9.08. The van der Waals surface area contributed by atoms with Crippen molar-refractivity contribution in [1.82, 2.24) is 0 Å². The number of fused-ring (bicyclic) bond motifs is 5. The van der Waals surface area contributed by atoms with Gasteiger partial charge in [0.2, 0.25) is 0 Å². The number of hydrogen-bond donors (Lipinski definition) is 0. The van der Waals surface area contributed by atoms with E-state index in [1.54, 1.807) is 0 Å². The van der Waals surface area contributed by atoms with Gasteiger partial charge in [-0.15, -0.1) is 23.2 Å². The number of hydrogen-bond acceptors (Lipinski definition) is 7. The molecule has 14 heteroatoms. The van der Waals surface area contributed by atoms with Crippen LogP contribution in [0.5, 0.6) is 0 Å². The lowest BCUT2D eigenvalue weighted by Crippen LogP contribution is -2.41. The predicted octanol–water partition coefficient (Wildman–Crippen LogP) is 28.8. The van der Waals surface area contributed by atoms with Gasteiger partial charge in [-0.1, -0.05) is 233 Å². The summed E-state index contributed by atoms with van der Waals surface area (Å²) in [5, 5.41) is 13.9. The number of halogens is 5. The number of anilines is 9. The molecular formula is C101H86B2BrCl4N3O4. The second-order valence-electron chi connectivity index (χ2n) is 31.5. The maximum atomic E-state index is 6.32. The van der Waals surface area contributed by atoms with Crippen LogP contribution in [0.2, 0.25) is 10.0 Å². The van der Waals surface area contributed by atoms with Crippen LogP contribution in [0.1, 0.15) is 72.1 Å². The van der Waals surface area contributed by atoms with Crippen LogP contribution < -0.4 is 25.6 Å². The molecule has 2 aliphatic heterocycles. The van der Waals surface area contributed by atoms with Crippen molar-refractivity contribution in [2.75, 3.05) is 14.7 Å². The molecule has 2 fully saturated rings. The summed E-state index contributed by atoms with van der Waals surface area (Å²) in [6.45, 7) is 16.6. The topological polar surface area (TPSA) is 46.6 Å². The Morgan fingerprint density at radius 2 is 0.496 bits per heavy atom. The minimum absolute atomic E-state index is 0.389. The van der Waals surface area contributed by atoms with E-state index in [0.717, 1.165) is 116 Å². The smallest absolute Gasteiger partial charge is 0.399 e. The highest BCUT2D eigenvalue weighted by Gasteiger charge is 2.53. The third-order valence-electron chi connectivity index (χ3n) is 22.8. The van der Waals surface area contributed by atoms with Gasteiger partial charge in [0.1, 0.15) is 0 Å². The molecule has 115 heavy (non-hydrogen) atoms. The van der Waals surface area contributed by atoms with Gasteiger partial charge in [-0.2, -0.15) is 0 Å². The zero-order chi connectivity index (χ0) is 79.8. The van der Waals surface area contributed by atoms with Crippen molar-refractivity contribution < 1.29 is 18.6 Å². The molecule has 570 valence electrons. The quantitative estimate of drug-likeness (QED) is 0.0706. The van der Waals surface area contributed by atoms with Gasteiger partial charge in [0, 0.05) is 78.3 Å². The Morgan fingerprint density at radius 1 is 0.252 bits per heavy atom. The van der Waals surface area contributed by atoms with Crippen molar-refractivity contribution in [2.45, 2.75) is 94.9 Å². The second kappa shape index (κ2) is 33.2. The van der Waals surface area contributed by atoms with Crippen LogP contribution in [0, 0.1) is 0 Å². The molecule has 0 spiro atoms. The first-order chi connectivity index (χ1) is 55.5. The molecule has 0 atom stereocenters. The summed E-state index contributed by atoms with van der Waals surface area (Å²) in [6.07, 6.45) is 0. The van der Waals surface area contributed by atoms with Crippen LogP contribution in [0.15, 0.2) is 340 Å². The van der Waals surface area contributed by atoms with E-state index < -0.39 is 14.2 Å². The van der Waals surface area contributed by atoms with E-state index in [9.17, 15) is 0 Å². The largest absolute Gasteiger partial charge is 0.494 e. The fraction of sp³-hybridized carbons (Fsp3) is 0.149. The number of nitrogens with zero attached hydrogens (tertiary/aromatic N) is 3. The van der Waals surface area contributed by atoms with Gasteiger partial charge in [-0.05, 0) is 305 Å². The maximum absolute atomic E-state index is 6.32. The van der Waals surface area contributed by atoms with Crippen LogP contribution in [0.25, 0.3) is 76.1 Å². The maximum Gasteiger partial charge on any atom is 0.494 e. The number of benzene rings is 16. The van der Waals surface area contributed by atoms with Crippen LogP contribution in [0.4, 0.5) is 51.2 Å². The van der Waals surface area contributed by atoms with Crippen LogP contribution >= 0.6 is 62.3 Å². The van der Waals surface area contributed by atoms with Crippen molar-refractivity contribution in [1.29, 1.82) is 0 Å². The molecule has 7 nitrogen and oxygen atoms in total. The lowest BCUT2D eigenvalue weighted by Gasteiger charge is -2.32. The first-order valence-corrected chi connectivity index (χ1v) is 41.8. The molecule has 0 bridgehead atoms. The van der Waals surface area contributed by atoms with Gasteiger partial charge < -0.3 is 33.3 Å². The second-order valence-corrected chi connectivity index (χ2v) is 33.5. The third-order valence-corrected chi connectivity index (χ3v) is 24.5. The Balaban J connectivity index is 0.000000130. The van der Waals surface area contributed by atoms with Crippen molar-refractivity contribution in [3.8, 4) is 22.3 Å². The molecule has 2 aliphatic rings. The Labute approximate surface area is 703 Å². The molecule has 2 heterocycles. The van der Waals surface area contributed by atoms with E-state index in [0.29, 0.717) is 11.8 Å². The van der Waals surface area contributed by atoms with Gasteiger partial charge in [0.05, 0.1) is 22.4 Å². The van der Waals surface area contributed by atoms with E-state index in [2.05, 4.69) is 389 Å². The van der Waals surface area contributed by atoms with Gasteiger partial charge in [-0.25, -0.2) is 0 Å². The zero-order valence-electron chi connectivity index (χ0n) is 65.5. The Morgan fingerprint density at radius 3 is 0.843 bits per heavy atom. The van der Waals surface area contributed by atoms with E-state index >= 15 is 0 Å². The Hall–Kier alpha value is -10.2. The number of rotatable bonds is 16. The third kappa shape index (κ3) is 17.0. The summed E-state index contributed by atoms with van der Waals surface area (Å²) in [4.78, 5) is 6.87. The molecule has 0 aromatic heterocycles. The van der Waals surface area contributed by atoms with Crippen LogP contribution in [0.3, 0.4) is 0 Å². The van der Waals surface area contributed by atoms with Gasteiger partial charge in [-0.3, -0.25) is 0 Å². The normalized spacial score (nSPS) is 14.5. The molecule has 18 rings (SSSR count). The van der Waals surface area contributed by atoms with Crippen LogP contribution in [-0.4, -0.2) is 36.6 Å². The van der Waals surface area contributed by atoms with Crippen molar-refractivity contribution in [2.24, 2.45) is 0 Å². The first kappa shape index (κ1) is 78.7. The highest BCUT2D eigenvalue weighted by atomic mass is 79.9. The molecule has 0 amide bonds. The van der Waals surface area contributed by atoms with Gasteiger partial charge in [0.25, 0.3) is 0 Å². The predicted molar refractivity (Wildman–Crippen MR) is 495 cm³/mol. The molecule has 0 saturated carbocycles. The zero-order valence-corrected chi connectivity index (χ0v) is 70.1. The van der Waals surface area contributed by atoms with E-state index in [1.165, 1.54) is 54.7 Å². The molecule has 0 aliphatic carbocycles. The van der Waals surface area contributed by atoms with Gasteiger partial charge >= 0.3 is 14.2 Å². The molecule has 16 aromatic rings. The minimum atomic E-state index is -0.407. The summed E-state index contributed by atoms with van der Waals surface area (Å²) in [6, 6.07) is 120. The van der Waals surface area contributed by atoms with Crippen molar-refractivity contribution in [3.63, 3.8) is 0 Å². The van der Waals surface area contributed by atoms with E-state index in [-0.39, 0.29) is 22.4 Å². The van der Waals surface area contributed by atoms with E-state index in [1.807, 2.05) is 36.4 Å². The SMILES string of the molecule is CC1(C)OB(c2ccc(N(c3ccc(B4OC(C)(C)C(C)(C)O4)cc3)c3ccc4ccc(CBr)cc4c3)cc2)OC1(C)C.ClCc1ccc2cc(N(c3ccc(-c4ccccc4)cc3)c3ccc(-c4ccccc4)cc3)ccc2c1.ClCc1ccc2ccc(N(c3ccc4ccc(Cl)cc4c3)c3ccc4ccc(Cl)cc4c3)cc2c1. The molecule has 0 N–H and O–H groups in total. The lowest BCUT2D eigenvalue weighted by molar-refractivity contribution is 0.00578.